The Kier molecular flexibility index (Phi) is 14.4. The lowest BCUT2D eigenvalue weighted by Crippen LogP contribution is -2.36. The van der Waals surface area contributed by atoms with Gasteiger partial charge in [-0.15, -0.1) is 0 Å². The highest BCUT2D eigenvalue weighted by molar-refractivity contribution is 7.78. The molecule has 1 N–H and O–H groups in total. The third kappa shape index (κ3) is 14.1. The Labute approximate surface area is 211 Å². The number of amides is 1. The van der Waals surface area contributed by atoms with Crippen LogP contribution in [-0.4, -0.2) is 53.4 Å². The molecule has 2 heterocycles. The van der Waals surface area contributed by atoms with Crippen LogP contribution in [0.25, 0.3) is 0 Å². The van der Waals surface area contributed by atoms with E-state index in [1.54, 1.807) is 11.1 Å². The molecule has 8 heteroatoms. The fourth-order valence-electron chi connectivity index (χ4n) is 3.31. The van der Waals surface area contributed by atoms with Gasteiger partial charge in [-0.2, -0.15) is 0 Å². The van der Waals surface area contributed by atoms with E-state index in [0.717, 1.165) is 50.0 Å². The predicted octanol–water partition coefficient (Wildman–Crippen LogP) is 6.33. The van der Waals surface area contributed by atoms with E-state index in [1.807, 2.05) is 32.9 Å². The maximum absolute atomic E-state index is 12.1. The molecule has 1 aromatic heterocycles. The largest absolute Gasteiger partial charge is 0.444 e. The van der Waals surface area contributed by atoms with Crippen molar-refractivity contribution in [3.05, 3.63) is 29.0 Å². The molecule has 0 aromatic carbocycles. The molecule has 1 amide bonds. The van der Waals surface area contributed by atoms with Gasteiger partial charge in [0.25, 0.3) is 0 Å². The first kappa shape index (κ1) is 30.0. The third-order valence-electron chi connectivity index (χ3n) is 4.88. The van der Waals surface area contributed by atoms with Gasteiger partial charge in [0.1, 0.15) is 10.8 Å². The summed E-state index contributed by atoms with van der Waals surface area (Å²) in [6, 6.07) is 4.25. The fourth-order valence-corrected chi connectivity index (χ4v) is 3.78. The van der Waals surface area contributed by atoms with E-state index in [2.05, 4.69) is 43.3 Å². The molecular formula is C25H44ClN3O3S. The summed E-state index contributed by atoms with van der Waals surface area (Å²) < 4.78 is 14.5. The Morgan fingerprint density at radius 1 is 1.30 bits per heavy atom. The zero-order valence-electron chi connectivity index (χ0n) is 21.3. The summed E-state index contributed by atoms with van der Waals surface area (Å²) in [5.41, 5.74) is 0.609. The number of hydrogen-bond acceptors (Lipinski definition) is 6. The Bertz CT molecular complexity index is 682. The van der Waals surface area contributed by atoms with Crippen molar-refractivity contribution in [3.63, 3.8) is 0 Å². The number of ether oxygens (including phenoxy) is 2. The zero-order chi connectivity index (χ0) is 24.9. The lowest BCUT2D eigenvalue weighted by molar-refractivity contribution is 0.0206. The highest BCUT2D eigenvalue weighted by atomic mass is 35.5. The van der Waals surface area contributed by atoms with Gasteiger partial charge >= 0.3 is 6.09 Å². The van der Waals surface area contributed by atoms with E-state index in [9.17, 15) is 4.79 Å². The van der Waals surface area contributed by atoms with Crippen LogP contribution in [0.2, 0.25) is 5.15 Å². The van der Waals surface area contributed by atoms with Crippen LogP contribution in [0.3, 0.4) is 0 Å². The van der Waals surface area contributed by atoms with Crippen LogP contribution >= 0.6 is 24.4 Å². The summed E-state index contributed by atoms with van der Waals surface area (Å²) in [6.45, 7) is 14.2. The number of carbonyl (C=O) groups is 1. The van der Waals surface area contributed by atoms with E-state index < -0.39 is 5.60 Å². The van der Waals surface area contributed by atoms with Crippen LogP contribution in [0.15, 0.2) is 18.3 Å². The van der Waals surface area contributed by atoms with Crippen molar-refractivity contribution < 1.29 is 14.3 Å². The molecule has 2 atom stereocenters. The van der Waals surface area contributed by atoms with Crippen LogP contribution < -0.4 is 4.72 Å². The highest BCUT2D eigenvalue weighted by Gasteiger charge is 2.30. The standard InChI is InChI=1S/C21H34ClN3O3S.C4H10/c1-21(2,3)28-20(26)25-13-11-18(15-25)27-14-5-4-8-17(24-29)10-9-16-7-6-12-23-19(16)22;1-4(2)3/h6-7,12,17-18,24,29H,4-5,8-11,13-15H2,1-3H3;4H,1-3H3. The van der Waals surface area contributed by atoms with Crippen LogP contribution in [0, 0.1) is 5.92 Å². The first-order valence-electron chi connectivity index (χ1n) is 12.1. The summed E-state index contributed by atoms with van der Waals surface area (Å²) in [6.07, 6.45) is 7.34. The average Bonchev–Trinajstić information content (AvgIpc) is 3.19. The van der Waals surface area contributed by atoms with E-state index in [-0.39, 0.29) is 12.2 Å². The minimum Gasteiger partial charge on any atom is -0.444 e. The predicted molar refractivity (Wildman–Crippen MR) is 140 cm³/mol. The van der Waals surface area contributed by atoms with Crippen molar-refractivity contribution >= 4 is 30.5 Å². The number of aromatic nitrogens is 1. The molecule has 0 radical (unpaired) electrons. The van der Waals surface area contributed by atoms with Crippen LogP contribution in [-0.2, 0) is 15.9 Å². The molecular weight excluding hydrogens is 458 g/mol. The van der Waals surface area contributed by atoms with Gasteiger partial charge in [-0.1, -0.05) is 51.3 Å². The molecule has 1 saturated heterocycles. The molecule has 1 fully saturated rings. The van der Waals surface area contributed by atoms with Crippen LogP contribution in [0.1, 0.15) is 79.2 Å². The molecule has 0 saturated carbocycles. The molecule has 1 aliphatic heterocycles. The molecule has 0 spiro atoms. The molecule has 33 heavy (non-hydrogen) atoms. The molecule has 2 rings (SSSR count). The summed E-state index contributed by atoms with van der Waals surface area (Å²) in [5.74, 6) is 0.833. The quantitative estimate of drug-likeness (QED) is 0.223. The minimum atomic E-state index is -0.462. The number of nitrogens with zero attached hydrogens (tertiary/aromatic N) is 2. The first-order chi connectivity index (χ1) is 15.5. The number of halogens is 1. The second-order valence-corrected chi connectivity index (χ2v) is 10.9. The van der Waals surface area contributed by atoms with Gasteiger partial charge in [0.05, 0.1) is 12.6 Å². The van der Waals surface area contributed by atoms with Crippen LogP contribution in [0.5, 0.6) is 0 Å². The number of rotatable bonds is 10. The summed E-state index contributed by atoms with van der Waals surface area (Å²) >= 11 is 10.4. The van der Waals surface area contributed by atoms with Gasteiger partial charge in [0, 0.05) is 25.4 Å². The number of unbranched alkanes of at least 4 members (excludes halogenated alkanes) is 1. The molecule has 0 bridgehead atoms. The van der Waals surface area contributed by atoms with Crippen molar-refractivity contribution in [1.82, 2.24) is 14.6 Å². The maximum Gasteiger partial charge on any atom is 0.410 e. The third-order valence-corrected chi connectivity index (χ3v) is 5.58. The Morgan fingerprint density at radius 2 is 2.00 bits per heavy atom. The lowest BCUT2D eigenvalue weighted by Gasteiger charge is -2.24. The van der Waals surface area contributed by atoms with Gasteiger partial charge in [0.15, 0.2) is 0 Å². The monoisotopic (exact) mass is 501 g/mol. The number of aryl methyl sites for hydroxylation is 1. The van der Waals surface area contributed by atoms with Gasteiger partial charge in [-0.3, -0.25) is 4.72 Å². The summed E-state index contributed by atoms with van der Waals surface area (Å²) in [5, 5.41) is 0.579. The molecule has 1 aliphatic rings. The Balaban J connectivity index is 0.00000125. The molecule has 0 aliphatic carbocycles. The van der Waals surface area contributed by atoms with Gasteiger partial charge < -0.3 is 14.4 Å². The normalized spacial score (nSPS) is 17.0. The van der Waals surface area contributed by atoms with Crippen molar-refractivity contribution in [2.24, 2.45) is 5.92 Å². The first-order valence-corrected chi connectivity index (χ1v) is 12.9. The number of carbonyl (C=O) groups excluding carboxylic acids is 1. The number of hydrogen-bond donors (Lipinski definition) is 2. The summed E-state index contributed by atoms with van der Waals surface area (Å²) in [7, 11) is 0. The average molecular weight is 502 g/mol. The second-order valence-electron chi connectivity index (χ2n) is 10.3. The molecule has 6 nitrogen and oxygen atoms in total. The number of nitrogens with one attached hydrogen (secondary N) is 1. The molecule has 2 unspecified atom stereocenters. The second kappa shape index (κ2) is 15.8. The Hall–Kier alpha value is -1.02. The van der Waals surface area contributed by atoms with Crippen LogP contribution in [0.4, 0.5) is 4.79 Å². The Morgan fingerprint density at radius 3 is 2.61 bits per heavy atom. The maximum atomic E-state index is 12.1. The minimum absolute atomic E-state index is 0.106. The van der Waals surface area contributed by atoms with Crippen molar-refractivity contribution in [1.29, 1.82) is 0 Å². The highest BCUT2D eigenvalue weighted by Crippen LogP contribution is 2.19. The topological polar surface area (TPSA) is 63.7 Å². The van der Waals surface area contributed by atoms with E-state index in [4.69, 9.17) is 21.1 Å². The summed E-state index contributed by atoms with van der Waals surface area (Å²) in [4.78, 5) is 18.0. The van der Waals surface area contributed by atoms with E-state index in [1.165, 1.54) is 0 Å². The van der Waals surface area contributed by atoms with Gasteiger partial charge in [-0.25, -0.2) is 9.78 Å². The number of pyridine rings is 1. The van der Waals surface area contributed by atoms with E-state index in [0.29, 0.717) is 30.9 Å². The van der Waals surface area contributed by atoms with E-state index >= 15 is 0 Å². The number of likely N-dealkylation sites (tertiary alicyclic amines) is 1. The smallest absolute Gasteiger partial charge is 0.410 e. The van der Waals surface area contributed by atoms with Crippen molar-refractivity contribution in [2.75, 3.05) is 19.7 Å². The SMILES string of the molecule is CC(C)(C)OC(=O)N1CCC(OCCCCC(CCc2cccnc2Cl)NS)C1.CC(C)C. The lowest BCUT2D eigenvalue weighted by atomic mass is 10.0. The van der Waals surface area contributed by atoms with Gasteiger partial charge in [0.2, 0.25) is 0 Å². The number of thiol groups is 1. The fraction of sp³-hybridized carbons (Fsp3) is 0.760. The zero-order valence-corrected chi connectivity index (χ0v) is 22.9. The van der Waals surface area contributed by atoms with Gasteiger partial charge in [-0.05, 0) is 76.8 Å². The van der Waals surface area contributed by atoms with Crippen molar-refractivity contribution in [3.8, 4) is 0 Å². The molecule has 1 aromatic rings. The van der Waals surface area contributed by atoms with Crippen molar-refractivity contribution in [2.45, 2.75) is 97.8 Å². The molecule has 190 valence electrons.